The largest absolute Gasteiger partial charge is 0.497 e. The van der Waals surface area contributed by atoms with Crippen LogP contribution in [0.2, 0.25) is 0 Å². The number of rotatable bonds is 6. The SMILES string of the molecule is CCOC(=O)[C@@H]1C(=O)C=C(c2ccc(OC)cc2OC)C[C@H]1c1cccs1. The molecule has 6 heteroatoms. The molecular formula is C21H22O5S. The number of carbonyl (C=O) groups is 2. The summed E-state index contributed by atoms with van der Waals surface area (Å²) in [4.78, 5) is 26.3. The van der Waals surface area contributed by atoms with E-state index in [1.165, 1.54) is 0 Å². The third kappa shape index (κ3) is 3.90. The quantitative estimate of drug-likeness (QED) is 0.553. The fourth-order valence-electron chi connectivity index (χ4n) is 3.40. The van der Waals surface area contributed by atoms with Crippen LogP contribution < -0.4 is 9.47 Å². The van der Waals surface area contributed by atoms with E-state index in [9.17, 15) is 9.59 Å². The molecule has 2 aromatic rings. The lowest BCUT2D eigenvalue weighted by Crippen LogP contribution is -2.33. The van der Waals surface area contributed by atoms with Gasteiger partial charge >= 0.3 is 5.97 Å². The number of hydrogen-bond acceptors (Lipinski definition) is 6. The highest BCUT2D eigenvalue weighted by Crippen LogP contribution is 2.44. The molecule has 142 valence electrons. The number of allylic oxidation sites excluding steroid dienone is 2. The molecule has 0 saturated carbocycles. The van der Waals surface area contributed by atoms with E-state index < -0.39 is 11.9 Å². The second-order valence-electron chi connectivity index (χ2n) is 6.19. The van der Waals surface area contributed by atoms with Crippen molar-refractivity contribution in [2.24, 2.45) is 5.92 Å². The Morgan fingerprint density at radius 3 is 2.67 bits per heavy atom. The molecule has 0 amide bonds. The van der Waals surface area contributed by atoms with Gasteiger partial charge in [0.05, 0.1) is 20.8 Å². The molecule has 5 nitrogen and oxygen atoms in total. The minimum atomic E-state index is -0.809. The van der Waals surface area contributed by atoms with Crippen LogP contribution in [0.5, 0.6) is 11.5 Å². The lowest BCUT2D eigenvalue weighted by atomic mass is 9.76. The van der Waals surface area contributed by atoms with Crippen molar-refractivity contribution in [2.45, 2.75) is 19.3 Å². The molecule has 0 unspecified atom stereocenters. The van der Waals surface area contributed by atoms with E-state index in [4.69, 9.17) is 14.2 Å². The molecule has 0 radical (unpaired) electrons. The number of esters is 1. The monoisotopic (exact) mass is 386 g/mol. The Kier molecular flexibility index (Phi) is 5.96. The van der Waals surface area contributed by atoms with Gasteiger partial charge in [-0.25, -0.2) is 0 Å². The lowest BCUT2D eigenvalue weighted by Gasteiger charge is -2.29. The summed E-state index contributed by atoms with van der Waals surface area (Å²) in [6.07, 6.45) is 2.11. The summed E-state index contributed by atoms with van der Waals surface area (Å²) in [5, 5.41) is 1.95. The standard InChI is InChI=1S/C21H22O5S/c1-4-26-21(23)20-16(19-6-5-9-27-19)10-13(11-17(20)22)15-8-7-14(24-2)12-18(15)25-3/h5-9,11-12,16,20H,4,10H2,1-3H3/t16-,20-/m0/s1. The minimum absolute atomic E-state index is 0.231. The normalized spacial score (nSPS) is 19.4. The summed E-state index contributed by atoms with van der Waals surface area (Å²) >= 11 is 1.55. The fraction of sp³-hybridized carbons (Fsp3) is 0.333. The van der Waals surface area contributed by atoms with E-state index >= 15 is 0 Å². The molecule has 0 N–H and O–H groups in total. The van der Waals surface area contributed by atoms with E-state index in [0.29, 0.717) is 17.9 Å². The van der Waals surface area contributed by atoms with Crippen molar-refractivity contribution in [1.82, 2.24) is 0 Å². The number of ketones is 1. The summed E-state index contributed by atoms with van der Waals surface area (Å²) < 4.78 is 15.9. The first-order chi connectivity index (χ1) is 13.1. The zero-order valence-electron chi connectivity index (χ0n) is 15.6. The van der Waals surface area contributed by atoms with Crippen molar-refractivity contribution < 1.29 is 23.8 Å². The second-order valence-corrected chi connectivity index (χ2v) is 7.17. The van der Waals surface area contributed by atoms with Gasteiger partial charge < -0.3 is 14.2 Å². The van der Waals surface area contributed by atoms with Crippen molar-refractivity contribution >= 4 is 28.7 Å². The van der Waals surface area contributed by atoms with Gasteiger partial charge in [-0.2, -0.15) is 0 Å². The van der Waals surface area contributed by atoms with Crippen LogP contribution in [0.3, 0.4) is 0 Å². The Bertz CT molecular complexity index is 853. The Morgan fingerprint density at radius 2 is 2.04 bits per heavy atom. The molecule has 1 aromatic carbocycles. The first kappa shape index (κ1) is 19.2. The van der Waals surface area contributed by atoms with Gasteiger partial charge in [-0.05, 0) is 48.6 Å². The molecule has 1 aliphatic rings. The van der Waals surface area contributed by atoms with E-state index in [2.05, 4.69) is 0 Å². The molecule has 0 saturated heterocycles. The van der Waals surface area contributed by atoms with Crippen molar-refractivity contribution in [2.75, 3.05) is 20.8 Å². The number of ether oxygens (including phenoxy) is 3. The van der Waals surface area contributed by atoms with Crippen LogP contribution in [0.25, 0.3) is 5.57 Å². The average molecular weight is 386 g/mol. The van der Waals surface area contributed by atoms with Gasteiger partial charge in [0.2, 0.25) is 0 Å². The van der Waals surface area contributed by atoms with Crippen molar-refractivity contribution in [3.05, 3.63) is 52.2 Å². The molecular weight excluding hydrogens is 364 g/mol. The maximum absolute atomic E-state index is 12.9. The summed E-state index contributed by atoms with van der Waals surface area (Å²) in [7, 11) is 3.18. The zero-order chi connectivity index (χ0) is 19.4. The zero-order valence-corrected chi connectivity index (χ0v) is 16.4. The van der Waals surface area contributed by atoms with Crippen molar-refractivity contribution in [3.63, 3.8) is 0 Å². The van der Waals surface area contributed by atoms with Gasteiger partial charge in [-0.1, -0.05) is 6.07 Å². The number of benzene rings is 1. The van der Waals surface area contributed by atoms with Crippen LogP contribution in [0.1, 0.15) is 29.7 Å². The van der Waals surface area contributed by atoms with Crippen LogP contribution in [0.4, 0.5) is 0 Å². The highest BCUT2D eigenvalue weighted by Gasteiger charge is 2.40. The van der Waals surface area contributed by atoms with Gasteiger partial charge in [0, 0.05) is 22.4 Å². The molecule has 1 aliphatic carbocycles. The van der Waals surface area contributed by atoms with E-state index in [-0.39, 0.29) is 18.3 Å². The molecule has 0 aliphatic heterocycles. The summed E-state index contributed by atoms with van der Waals surface area (Å²) in [6, 6.07) is 9.40. The predicted octanol–water partition coefficient (Wildman–Crippen LogP) is 4.08. The van der Waals surface area contributed by atoms with E-state index in [0.717, 1.165) is 16.0 Å². The Labute approximate surface area is 162 Å². The molecule has 0 fully saturated rings. The smallest absolute Gasteiger partial charge is 0.317 e. The Morgan fingerprint density at radius 1 is 1.22 bits per heavy atom. The number of carbonyl (C=O) groups excluding carboxylic acids is 2. The molecule has 0 bridgehead atoms. The average Bonchev–Trinajstić information content (AvgIpc) is 3.21. The first-order valence-corrected chi connectivity index (χ1v) is 9.63. The van der Waals surface area contributed by atoms with E-state index in [1.807, 2.05) is 29.6 Å². The minimum Gasteiger partial charge on any atom is -0.497 e. The predicted molar refractivity (Wildman–Crippen MR) is 104 cm³/mol. The van der Waals surface area contributed by atoms with Crippen LogP contribution in [0.15, 0.2) is 41.8 Å². The van der Waals surface area contributed by atoms with Gasteiger partial charge in [-0.15, -0.1) is 11.3 Å². The first-order valence-electron chi connectivity index (χ1n) is 8.75. The lowest BCUT2D eigenvalue weighted by molar-refractivity contribution is -0.151. The number of methoxy groups -OCH3 is 2. The molecule has 1 aromatic heterocycles. The Balaban J connectivity index is 2.03. The summed E-state index contributed by atoms with van der Waals surface area (Å²) in [5.74, 6) is -0.436. The van der Waals surface area contributed by atoms with Crippen LogP contribution >= 0.6 is 11.3 Å². The molecule has 2 atom stereocenters. The highest BCUT2D eigenvalue weighted by atomic mass is 32.1. The number of thiophene rings is 1. The molecule has 3 rings (SSSR count). The topological polar surface area (TPSA) is 61.8 Å². The Hall–Kier alpha value is -2.60. The summed E-state index contributed by atoms with van der Waals surface area (Å²) in [6.45, 7) is 2.00. The van der Waals surface area contributed by atoms with Crippen LogP contribution in [0, 0.1) is 5.92 Å². The molecule has 0 spiro atoms. The van der Waals surface area contributed by atoms with Crippen molar-refractivity contribution in [3.8, 4) is 11.5 Å². The van der Waals surface area contributed by atoms with Crippen molar-refractivity contribution in [1.29, 1.82) is 0 Å². The summed E-state index contributed by atoms with van der Waals surface area (Å²) in [5.41, 5.74) is 1.67. The fourth-order valence-corrected chi connectivity index (χ4v) is 4.27. The third-order valence-corrected chi connectivity index (χ3v) is 5.67. The maximum Gasteiger partial charge on any atom is 0.317 e. The van der Waals surface area contributed by atoms with E-state index in [1.54, 1.807) is 44.6 Å². The maximum atomic E-state index is 12.9. The van der Waals surface area contributed by atoms with Crippen LogP contribution in [-0.2, 0) is 14.3 Å². The highest BCUT2D eigenvalue weighted by molar-refractivity contribution is 7.10. The van der Waals surface area contributed by atoms with Crippen LogP contribution in [-0.4, -0.2) is 32.6 Å². The van der Waals surface area contributed by atoms with Gasteiger partial charge in [0.1, 0.15) is 17.4 Å². The third-order valence-electron chi connectivity index (χ3n) is 4.67. The van der Waals surface area contributed by atoms with Gasteiger partial charge in [0.25, 0.3) is 0 Å². The second kappa shape index (κ2) is 8.39. The molecule has 1 heterocycles. The number of hydrogen-bond donors (Lipinski definition) is 0. The van der Waals surface area contributed by atoms with Gasteiger partial charge in [-0.3, -0.25) is 9.59 Å². The van der Waals surface area contributed by atoms with Gasteiger partial charge in [0.15, 0.2) is 5.78 Å². The molecule has 27 heavy (non-hydrogen) atoms.